The third kappa shape index (κ3) is 8.64. The van der Waals surface area contributed by atoms with Gasteiger partial charge in [0.25, 0.3) is 0 Å². The Hall–Kier alpha value is -7.29. The van der Waals surface area contributed by atoms with Gasteiger partial charge in [-0.3, -0.25) is 24.0 Å². The molecule has 3 aromatic carbocycles. The standard InChI is InChI=1S/C48H46N10O4/c1-56-41-24-31(18-19-39(41)58(48(56)61)40-20-21-45(59)53-47(40)60)12-6-3-2-4-9-17-44-50-23-22-37(52-44)33-25-34-28-57(29-35(26-33)51-34)42-27-38(54-55-46(42)49)36-15-10-11-16-43(36)62-30-32-13-7-5-8-14-32/h5,7-8,10-11,13-16,18-19,22-24,27,33-35,40,51H,2-4,20-21,25-26,28-30H2,1H3,(H2,49,55)(H,53,59,60)/p+1. The lowest BCUT2D eigenvalue weighted by atomic mass is 9.83. The van der Waals surface area contributed by atoms with Crippen LogP contribution in [0.2, 0.25) is 0 Å². The molecule has 3 aliphatic heterocycles. The summed E-state index contributed by atoms with van der Waals surface area (Å²) < 4.78 is 9.23. The van der Waals surface area contributed by atoms with Crippen molar-refractivity contribution in [2.45, 2.75) is 75.6 Å². The maximum atomic E-state index is 13.1. The van der Waals surface area contributed by atoms with Crippen molar-refractivity contribution in [1.82, 2.24) is 34.6 Å². The Balaban J connectivity index is 0.791. The maximum Gasteiger partial charge on any atom is 0.329 e. The molecule has 14 heteroatoms. The van der Waals surface area contributed by atoms with Crippen molar-refractivity contribution in [3.63, 3.8) is 0 Å². The van der Waals surface area contributed by atoms with Crippen LogP contribution in [0.15, 0.2) is 95.9 Å². The first-order valence-electron chi connectivity index (χ1n) is 21.1. The van der Waals surface area contributed by atoms with E-state index >= 15 is 0 Å². The number of unbranched alkanes of at least 4 members (excludes halogenated alkanes) is 2. The van der Waals surface area contributed by atoms with Crippen molar-refractivity contribution < 1.29 is 19.6 Å². The SMILES string of the molecule is Cn1c(=O)n(C2CCC(=O)NC2=O)c2ccc(C#CCCCC#Cc3nccc(C4CC5CN(c6cc(-c7ccccc7OCc7ccccc7)nnc6N)CC(C4)[NH2+]5)n3)cc21. The lowest BCUT2D eigenvalue weighted by molar-refractivity contribution is -0.732. The van der Waals surface area contributed by atoms with Gasteiger partial charge in [-0.2, -0.15) is 0 Å². The molecule has 0 spiro atoms. The highest BCUT2D eigenvalue weighted by Gasteiger charge is 2.40. The van der Waals surface area contributed by atoms with Crippen LogP contribution in [0.25, 0.3) is 22.3 Å². The Morgan fingerprint density at radius 2 is 1.66 bits per heavy atom. The third-order valence-electron chi connectivity index (χ3n) is 11.9. The monoisotopic (exact) mass is 827 g/mol. The van der Waals surface area contributed by atoms with Gasteiger partial charge in [0.05, 0.1) is 35.5 Å². The molecule has 62 heavy (non-hydrogen) atoms. The molecule has 2 amide bonds. The molecule has 14 nitrogen and oxygen atoms in total. The van der Waals surface area contributed by atoms with Crippen LogP contribution in [0.3, 0.4) is 0 Å². The second-order valence-electron chi connectivity index (χ2n) is 16.2. The summed E-state index contributed by atoms with van der Waals surface area (Å²) in [5.74, 6) is 14.1. The number of carbonyl (C=O) groups excluding carboxylic acids is 2. The molecule has 312 valence electrons. The highest BCUT2D eigenvalue weighted by atomic mass is 16.5. The van der Waals surface area contributed by atoms with E-state index < -0.39 is 11.9 Å². The molecule has 6 heterocycles. The number of rotatable bonds is 9. The van der Waals surface area contributed by atoms with E-state index in [2.05, 4.69) is 54.4 Å². The molecular formula is C48H47N10O4+. The van der Waals surface area contributed by atoms with Gasteiger partial charge in [0.2, 0.25) is 17.6 Å². The van der Waals surface area contributed by atoms with E-state index in [0.717, 1.165) is 71.9 Å². The fourth-order valence-electron chi connectivity index (χ4n) is 8.94. The van der Waals surface area contributed by atoms with Crippen LogP contribution >= 0.6 is 0 Å². The van der Waals surface area contributed by atoms with Crippen LogP contribution in [-0.4, -0.2) is 66.3 Å². The summed E-state index contributed by atoms with van der Waals surface area (Å²) in [7, 11) is 1.68. The van der Waals surface area contributed by atoms with E-state index in [0.29, 0.717) is 66.5 Å². The fraction of sp³-hybridized carbons (Fsp3) is 0.312. The summed E-state index contributed by atoms with van der Waals surface area (Å²) >= 11 is 0. The molecule has 0 radical (unpaired) electrons. The van der Waals surface area contributed by atoms with Gasteiger partial charge in [-0.1, -0.05) is 60.2 Å². The molecule has 3 fully saturated rings. The minimum Gasteiger partial charge on any atom is -0.488 e. The van der Waals surface area contributed by atoms with E-state index in [1.165, 1.54) is 9.13 Å². The number of nitrogens with zero attached hydrogens (tertiary/aromatic N) is 7. The van der Waals surface area contributed by atoms with Crippen LogP contribution in [0.5, 0.6) is 5.75 Å². The number of benzene rings is 3. The number of ether oxygens (including phenoxy) is 1. The summed E-state index contributed by atoms with van der Waals surface area (Å²) in [5, 5.41) is 13.7. The molecule has 3 aromatic heterocycles. The largest absolute Gasteiger partial charge is 0.488 e. The third-order valence-corrected chi connectivity index (χ3v) is 11.9. The molecule has 5 N–H and O–H groups in total. The van der Waals surface area contributed by atoms with Crippen LogP contribution < -0.4 is 31.7 Å². The number of aromatic nitrogens is 6. The summed E-state index contributed by atoms with van der Waals surface area (Å²) in [5.41, 5.74) is 12.9. The number of fused-ring (bicyclic) bond motifs is 3. The van der Waals surface area contributed by atoms with E-state index in [9.17, 15) is 14.4 Å². The van der Waals surface area contributed by atoms with Crippen LogP contribution in [-0.2, 0) is 23.2 Å². The molecule has 2 bridgehead atoms. The maximum absolute atomic E-state index is 13.1. The number of imidazole rings is 1. The van der Waals surface area contributed by atoms with Gasteiger partial charge in [-0.15, -0.1) is 10.2 Å². The van der Waals surface area contributed by atoms with E-state index in [1.807, 2.05) is 91.1 Å². The van der Waals surface area contributed by atoms with E-state index in [-0.39, 0.29) is 18.0 Å². The van der Waals surface area contributed by atoms with Gasteiger partial charge >= 0.3 is 5.69 Å². The number of para-hydroxylation sites is 1. The van der Waals surface area contributed by atoms with Gasteiger partial charge in [-0.25, -0.2) is 14.8 Å². The second-order valence-corrected chi connectivity index (χ2v) is 16.2. The number of anilines is 2. The summed E-state index contributed by atoms with van der Waals surface area (Å²) in [6.07, 6.45) is 6.36. The predicted molar refractivity (Wildman–Crippen MR) is 235 cm³/mol. The number of nitrogens with two attached hydrogens (primary N) is 2. The van der Waals surface area contributed by atoms with E-state index in [4.69, 9.17) is 15.5 Å². The summed E-state index contributed by atoms with van der Waals surface area (Å²) in [6, 6.07) is 27.6. The van der Waals surface area contributed by atoms with Gasteiger partial charge in [0.15, 0.2) is 5.82 Å². The molecule has 0 saturated carbocycles. The summed E-state index contributed by atoms with van der Waals surface area (Å²) in [4.78, 5) is 48.9. The van der Waals surface area contributed by atoms with Crippen molar-refractivity contribution in [1.29, 1.82) is 0 Å². The number of hydrogen-bond donors (Lipinski definition) is 3. The molecule has 3 atom stereocenters. The van der Waals surface area contributed by atoms with Gasteiger partial charge < -0.3 is 20.7 Å². The normalized spacial score (nSPS) is 19.5. The van der Waals surface area contributed by atoms with Crippen molar-refractivity contribution >= 4 is 34.4 Å². The molecule has 3 aliphatic rings. The van der Waals surface area contributed by atoms with Crippen LogP contribution in [0.1, 0.15) is 79.6 Å². The first-order valence-corrected chi connectivity index (χ1v) is 21.1. The lowest BCUT2D eigenvalue weighted by Crippen LogP contribution is -3.01. The number of nitrogens with one attached hydrogen (secondary N) is 1. The average Bonchev–Trinajstić information content (AvgIpc) is 3.53. The molecule has 3 unspecified atom stereocenters. The molecular weight excluding hydrogens is 781 g/mol. The van der Waals surface area contributed by atoms with E-state index in [1.54, 1.807) is 7.05 Å². The Bertz CT molecular complexity index is 2840. The zero-order valence-electron chi connectivity index (χ0n) is 34.5. The van der Waals surface area contributed by atoms with Gasteiger partial charge in [0, 0.05) is 68.1 Å². The number of quaternary nitrogens is 1. The highest BCUT2D eigenvalue weighted by Crippen LogP contribution is 2.35. The zero-order chi connectivity index (χ0) is 42.6. The minimum absolute atomic E-state index is 0.197. The van der Waals surface area contributed by atoms with Crippen molar-refractivity contribution in [2.75, 3.05) is 23.7 Å². The highest BCUT2D eigenvalue weighted by molar-refractivity contribution is 6.00. The number of aryl methyl sites for hydroxylation is 1. The van der Waals surface area contributed by atoms with Crippen LogP contribution in [0, 0.1) is 23.7 Å². The molecule has 3 saturated heterocycles. The van der Waals surface area contributed by atoms with Crippen molar-refractivity contribution in [3.05, 3.63) is 124 Å². The Labute approximate surface area is 358 Å². The fourth-order valence-corrected chi connectivity index (χ4v) is 8.94. The number of piperidine rings is 2. The smallest absolute Gasteiger partial charge is 0.329 e. The number of hydrogen-bond acceptors (Lipinski definition) is 10. The summed E-state index contributed by atoms with van der Waals surface area (Å²) in [6.45, 7) is 2.13. The molecule has 0 aliphatic carbocycles. The minimum atomic E-state index is -0.720. The Kier molecular flexibility index (Phi) is 11.5. The first kappa shape index (κ1) is 40.1. The van der Waals surface area contributed by atoms with Gasteiger partial charge in [0.1, 0.15) is 30.5 Å². The Morgan fingerprint density at radius 3 is 2.47 bits per heavy atom. The number of nitrogen functional groups attached to an aromatic ring is 1. The molecule has 6 aromatic rings. The van der Waals surface area contributed by atoms with Crippen molar-refractivity contribution in [2.24, 2.45) is 7.05 Å². The number of piperazine rings is 1. The van der Waals surface area contributed by atoms with Crippen molar-refractivity contribution in [3.8, 4) is 40.7 Å². The Morgan fingerprint density at radius 1 is 0.887 bits per heavy atom. The van der Waals surface area contributed by atoms with Crippen LogP contribution in [0.4, 0.5) is 11.5 Å². The topological polar surface area (TPSA) is 180 Å². The average molecular weight is 828 g/mol. The lowest BCUT2D eigenvalue weighted by Gasteiger charge is -2.43. The number of amides is 2. The van der Waals surface area contributed by atoms with Gasteiger partial charge in [-0.05, 0) is 66.8 Å². The first-order chi connectivity index (χ1) is 30.3. The quantitative estimate of drug-likeness (QED) is 0.110. The predicted octanol–water partition coefficient (Wildman–Crippen LogP) is 4.00. The molecule has 9 rings (SSSR count). The number of carbonyl (C=O) groups is 2. The number of imide groups is 1. The second kappa shape index (κ2) is 17.7. The zero-order valence-corrected chi connectivity index (χ0v) is 34.5.